The molecular weight excluding hydrogens is 284 g/mol. The van der Waals surface area contributed by atoms with Gasteiger partial charge in [0.05, 0.1) is 4.90 Å². The molecule has 1 aromatic rings. The van der Waals surface area contributed by atoms with E-state index in [2.05, 4.69) is 16.6 Å². The fourth-order valence-corrected chi connectivity index (χ4v) is 2.91. The maximum atomic E-state index is 11.9. The van der Waals surface area contributed by atoms with E-state index in [-0.39, 0.29) is 4.90 Å². The molecule has 1 aromatic carbocycles. The van der Waals surface area contributed by atoms with Gasteiger partial charge in [0.1, 0.15) is 0 Å². The van der Waals surface area contributed by atoms with Crippen molar-refractivity contribution in [3.63, 3.8) is 0 Å². The molecule has 0 bridgehead atoms. The van der Waals surface area contributed by atoms with Crippen LogP contribution in [0, 0.1) is 12.8 Å². The molecule has 0 aromatic heterocycles. The molecule has 1 aliphatic carbocycles. The summed E-state index contributed by atoms with van der Waals surface area (Å²) < 4.78 is 26.1. The Morgan fingerprint density at radius 3 is 2.57 bits per heavy atom. The Kier molecular flexibility index (Phi) is 4.54. The molecule has 0 saturated heterocycles. The number of sulfonamides is 1. The van der Waals surface area contributed by atoms with Crippen LogP contribution in [0.3, 0.4) is 0 Å². The van der Waals surface area contributed by atoms with Gasteiger partial charge in [-0.25, -0.2) is 13.1 Å². The van der Waals surface area contributed by atoms with Crippen LogP contribution in [0.15, 0.2) is 47.0 Å². The monoisotopic (exact) mass is 306 g/mol. The predicted octanol–water partition coefficient (Wildman–Crippen LogP) is 3.19. The number of hydrogen-bond acceptors (Lipinski definition) is 3. The van der Waals surface area contributed by atoms with Crippen LogP contribution in [0.4, 0.5) is 5.69 Å². The first-order chi connectivity index (χ1) is 9.89. The zero-order valence-electron chi connectivity index (χ0n) is 12.7. The average Bonchev–Trinajstić information content (AvgIpc) is 3.30. The zero-order chi connectivity index (χ0) is 15.6. The zero-order valence-corrected chi connectivity index (χ0v) is 13.5. The first-order valence-corrected chi connectivity index (χ1v) is 8.54. The van der Waals surface area contributed by atoms with Gasteiger partial charge in [-0.2, -0.15) is 0 Å². The van der Waals surface area contributed by atoms with Gasteiger partial charge in [-0.15, -0.1) is 0 Å². The second kappa shape index (κ2) is 6.03. The minimum Gasteiger partial charge on any atom is -0.355 e. The molecule has 4 nitrogen and oxygen atoms in total. The third-order valence-electron chi connectivity index (χ3n) is 3.76. The summed E-state index contributed by atoms with van der Waals surface area (Å²) in [4.78, 5) is 0.255. The second-order valence-electron chi connectivity index (χ2n) is 5.31. The van der Waals surface area contributed by atoms with Crippen molar-refractivity contribution in [2.75, 3.05) is 12.4 Å². The molecule has 114 valence electrons. The average molecular weight is 306 g/mol. The van der Waals surface area contributed by atoms with Gasteiger partial charge in [0.25, 0.3) is 0 Å². The summed E-state index contributed by atoms with van der Waals surface area (Å²) in [5, 5.41) is 3.32. The van der Waals surface area contributed by atoms with Gasteiger partial charge >= 0.3 is 0 Å². The minimum absolute atomic E-state index is 0.255. The van der Waals surface area contributed by atoms with Crippen LogP contribution >= 0.6 is 0 Å². The third-order valence-corrected chi connectivity index (χ3v) is 5.17. The number of rotatable bonds is 6. The summed E-state index contributed by atoms with van der Waals surface area (Å²) in [5.41, 5.74) is 3.85. The summed E-state index contributed by atoms with van der Waals surface area (Å²) in [6, 6.07) is 5.07. The van der Waals surface area contributed by atoms with Crippen LogP contribution in [-0.4, -0.2) is 15.5 Å². The Bertz CT molecular complexity index is 686. The molecule has 0 spiro atoms. The molecule has 2 N–H and O–H groups in total. The van der Waals surface area contributed by atoms with Crippen molar-refractivity contribution in [3.05, 3.63) is 47.7 Å². The van der Waals surface area contributed by atoms with Crippen LogP contribution in [-0.2, 0) is 10.0 Å². The normalized spacial score (nSPS) is 15.9. The standard InChI is InChI=1S/C16H22N2O2S/c1-5-15(12(3)13-7-8-13)18-16-10-14(9-6-11(16)2)21(19,20)17-4/h5-6,9-10,13,17-18H,3,7-8H2,1-2,4H3/b15-5+. The maximum Gasteiger partial charge on any atom is 0.240 e. The molecule has 0 atom stereocenters. The molecule has 0 unspecified atom stereocenters. The third kappa shape index (κ3) is 3.54. The SMILES string of the molecule is C=C(/C(=C\C)Nc1cc(S(=O)(=O)NC)ccc1C)C1CC1. The molecule has 1 aliphatic rings. The lowest BCUT2D eigenvalue weighted by Crippen LogP contribution is -2.18. The molecule has 2 rings (SSSR count). The van der Waals surface area contributed by atoms with E-state index in [4.69, 9.17) is 0 Å². The van der Waals surface area contributed by atoms with E-state index < -0.39 is 10.0 Å². The van der Waals surface area contributed by atoms with E-state index >= 15 is 0 Å². The van der Waals surface area contributed by atoms with Crippen molar-refractivity contribution < 1.29 is 8.42 Å². The fourth-order valence-electron chi connectivity index (χ4n) is 2.16. The van der Waals surface area contributed by atoms with Crippen LogP contribution in [0.1, 0.15) is 25.3 Å². The van der Waals surface area contributed by atoms with Gasteiger partial charge in [-0.1, -0.05) is 18.7 Å². The second-order valence-corrected chi connectivity index (χ2v) is 7.20. The molecule has 1 saturated carbocycles. The summed E-state index contributed by atoms with van der Waals surface area (Å²) in [6.07, 6.45) is 4.36. The number of allylic oxidation sites excluding steroid dienone is 2. The van der Waals surface area contributed by atoms with Crippen molar-refractivity contribution >= 4 is 15.7 Å². The van der Waals surface area contributed by atoms with Crippen LogP contribution in [0.2, 0.25) is 0 Å². The molecule has 0 radical (unpaired) electrons. The minimum atomic E-state index is -3.44. The van der Waals surface area contributed by atoms with Crippen molar-refractivity contribution in [3.8, 4) is 0 Å². The molecule has 21 heavy (non-hydrogen) atoms. The highest BCUT2D eigenvalue weighted by atomic mass is 32.2. The van der Waals surface area contributed by atoms with Crippen LogP contribution in [0.25, 0.3) is 0 Å². The molecule has 0 aliphatic heterocycles. The summed E-state index contributed by atoms with van der Waals surface area (Å²) >= 11 is 0. The first kappa shape index (κ1) is 15.8. The molecular formula is C16H22N2O2S. The number of nitrogens with one attached hydrogen (secondary N) is 2. The van der Waals surface area contributed by atoms with Crippen molar-refractivity contribution in [1.29, 1.82) is 0 Å². The van der Waals surface area contributed by atoms with Gasteiger partial charge in [0, 0.05) is 11.4 Å². The highest BCUT2D eigenvalue weighted by Gasteiger charge is 2.26. The highest BCUT2D eigenvalue weighted by molar-refractivity contribution is 7.89. The van der Waals surface area contributed by atoms with E-state index in [1.165, 1.54) is 19.9 Å². The molecule has 0 amide bonds. The number of anilines is 1. The van der Waals surface area contributed by atoms with E-state index in [9.17, 15) is 8.42 Å². The topological polar surface area (TPSA) is 58.2 Å². The van der Waals surface area contributed by atoms with Crippen molar-refractivity contribution in [2.24, 2.45) is 5.92 Å². The fraction of sp³-hybridized carbons (Fsp3) is 0.375. The number of benzene rings is 1. The van der Waals surface area contributed by atoms with Crippen molar-refractivity contribution in [1.82, 2.24) is 4.72 Å². The lowest BCUT2D eigenvalue weighted by molar-refractivity contribution is 0.588. The van der Waals surface area contributed by atoms with Gasteiger partial charge in [0.2, 0.25) is 10.0 Å². The van der Waals surface area contributed by atoms with Gasteiger partial charge < -0.3 is 5.32 Å². The van der Waals surface area contributed by atoms with Crippen LogP contribution in [0.5, 0.6) is 0 Å². The Hall–Kier alpha value is -1.59. The van der Waals surface area contributed by atoms with E-state index in [0.717, 1.165) is 22.5 Å². The predicted molar refractivity (Wildman–Crippen MR) is 86.7 cm³/mol. The molecule has 5 heteroatoms. The Morgan fingerprint density at radius 1 is 1.38 bits per heavy atom. The lowest BCUT2D eigenvalue weighted by atomic mass is 10.1. The summed E-state index contributed by atoms with van der Waals surface area (Å²) in [7, 11) is -2.02. The van der Waals surface area contributed by atoms with Gasteiger partial charge in [-0.3, -0.25) is 0 Å². The first-order valence-electron chi connectivity index (χ1n) is 7.05. The smallest absolute Gasteiger partial charge is 0.240 e. The number of aryl methyl sites for hydroxylation is 1. The Balaban J connectivity index is 2.30. The Labute approximate surface area is 127 Å². The number of hydrogen-bond donors (Lipinski definition) is 2. The lowest BCUT2D eigenvalue weighted by Gasteiger charge is -2.16. The quantitative estimate of drug-likeness (QED) is 0.794. The molecule has 0 heterocycles. The van der Waals surface area contributed by atoms with Gasteiger partial charge in [-0.05, 0) is 62.9 Å². The maximum absolute atomic E-state index is 11.9. The van der Waals surface area contributed by atoms with E-state index in [1.807, 2.05) is 19.9 Å². The largest absolute Gasteiger partial charge is 0.355 e. The van der Waals surface area contributed by atoms with E-state index in [0.29, 0.717) is 5.92 Å². The van der Waals surface area contributed by atoms with Crippen molar-refractivity contribution in [2.45, 2.75) is 31.6 Å². The Morgan fingerprint density at radius 2 is 2.05 bits per heavy atom. The van der Waals surface area contributed by atoms with E-state index in [1.54, 1.807) is 18.2 Å². The summed E-state index contributed by atoms with van der Waals surface area (Å²) in [5.74, 6) is 0.563. The highest BCUT2D eigenvalue weighted by Crippen LogP contribution is 2.39. The van der Waals surface area contributed by atoms with Gasteiger partial charge in [0.15, 0.2) is 0 Å². The summed E-state index contributed by atoms with van der Waals surface area (Å²) in [6.45, 7) is 8.05. The van der Waals surface area contributed by atoms with Crippen LogP contribution < -0.4 is 10.0 Å². The molecule has 1 fully saturated rings.